The van der Waals surface area contributed by atoms with E-state index >= 15 is 0 Å². The van der Waals surface area contributed by atoms with Gasteiger partial charge in [-0.15, -0.1) is 0 Å². The SMILES string of the molecule is CCc1nc(Br)cc(Oc2cc(F)c(Br)cc2[N+](=O)[O-])n1. The molecule has 110 valence electrons. The summed E-state index contributed by atoms with van der Waals surface area (Å²) in [6.07, 6.45) is 0.562. The molecule has 0 unspecified atom stereocenters. The molecule has 0 spiro atoms. The molecule has 0 saturated carbocycles. The molecule has 0 N–H and O–H groups in total. The molecular formula is C12H8Br2FN3O3. The fourth-order valence-electron chi connectivity index (χ4n) is 1.51. The van der Waals surface area contributed by atoms with E-state index in [0.717, 1.165) is 12.1 Å². The average molecular weight is 421 g/mol. The minimum Gasteiger partial charge on any atom is -0.432 e. The van der Waals surface area contributed by atoms with Crippen molar-refractivity contribution in [2.24, 2.45) is 0 Å². The van der Waals surface area contributed by atoms with Crippen molar-refractivity contribution >= 4 is 37.5 Å². The van der Waals surface area contributed by atoms with Gasteiger partial charge < -0.3 is 4.74 Å². The number of aryl methyl sites for hydroxylation is 1. The molecule has 0 amide bonds. The fraction of sp³-hybridized carbons (Fsp3) is 0.167. The summed E-state index contributed by atoms with van der Waals surface area (Å²) in [5.41, 5.74) is -0.365. The van der Waals surface area contributed by atoms with E-state index in [1.807, 2.05) is 6.92 Å². The molecule has 2 aromatic rings. The van der Waals surface area contributed by atoms with Crippen LogP contribution in [0.25, 0.3) is 0 Å². The molecule has 0 atom stereocenters. The third kappa shape index (κ3) is 3.73. The molecule has 0 fully saturated rings. The second-order valence-electron chi connectivity index (χ2n) is 3.89. The van der Waals surface area contributed by atoms with Crippen molar-refractivity contribution in [3.63, 3.8) is 0 Å². The van der Waals surface area contributed by atoms with Crippen LogP contribution in [0.1, 0.15) is 12.7 Å². The van der Waals surface area contributed by atoms with E-state index in [0.29, 0.717) is 16.8 Å². The zero-order valence-corrected chi connectivity index (χ0v) is 13.8. The summed E-state index contributed by atoms with van der Waals surface area (Å²) >= 11 is 6.09. The Hall–Kier alpha value is -1.61. The second-order valence-corrected chi connectivity index (χ2v) is 5.56. The van der Waals surface area contributed by atoms with Crippen LogP contribution in [0.3, 0.4) is 0 Å². The van der Waals surface area contributed by atoms with E-state index in [9.17, 15) is 14.5 Å². The molecule has 1 aromatic heterocycles. The third-order valence-electron chi connectivity index (χ3n) is 2.45. The van der Waals surface area contributed by atoms with Gasteiger partial charge in [-0.25, -0.2) is 9.37 Å². The van der Waals surface area contributed by atoms with Crippen molar-refractivity contribution in [3.05, 3.63) is 49.0 Å². The average Bonchev–Trinajstić information content (AvgIpc) is 2.41. The molecule has 2 rings (SSSR count). The topological polar surface area (TPSA) is 78.2 Å². The van der Waals surface area contributed by atoms with Gasteiger partial charge in [0, 0.05) is 24.6 Å². The van der Waals surface area contributed by atoms with E-state index in [1.165, 1.54) is 6.07 Å². The van der Waals surface area contributed by atoms with Gasteiger partial charge in [-0.2, -0.15) is 4.98 Å². The highest BCUT2D eigenvalue weighted by Gasteiger charge is 2.20. The summed E-state index contributed by atoms with van der Waals surface area (Å²) < 4.78 is 19.4. The summed E-state index contributed by atoms with van der Waals surface area (Å²) in [6, 6.07) is 3.42. The molecule has 0 radical (unpaired) electrons. The maximum atomic E-state index is 13.6. The summed E-state index contributed by atoms with van der Waals surface area (Å²) in [4.78, 5) is 18.5. The van der Waals surface area contributed by atoms with Gasteiger partial charge in [0.15, 0.2) is 0 Å². The van der Waals surface area contributed by atoms with Gasteiger partial charge in [-0.05, 0) is 31.9 Å². The first-order valence-electron chi connectivity index (χ1n) is 5.75. The maximum Gasteiger partial charge on any atom is 0.312 e. The Morgan fingerprint density at radius 1 is 1.33 bits per heavy atom. The highest BCUT2D eigenvalue weighted by molar-refractivity contribution is 9.10. The molecule has 1 aromatic carbocycles. The number of halogens is 3. The van der Waals surface area contributed by atoms with Gasteiger partial charge in [0.2, 0.25) is 11.6 Å². The van der Waals surface area contributed by atoms with Gasteiger partial charge >= 0.3 is 5.69 Å². The van der Waals surface area contributed by atoms with Crippen LogP contribution in [-0.4, -0.2) is 14.9 Å². The largest absolute Gasteiger partial charge is 0.432 e. The number of hydrogen-bond donors (Lipinski definition) is 0. The number of nitro benzene ring substituents is 1. The van der Waals surface area contributed by atoms with Crippen LogP contribution in [0.15, 0.2) is 27.3 Å². The molecule has 0 aliphatic carbocycles. The smallest absolute Gasteiger partial charge is 0.312 e. The van der Waals surface area contributed by atoms with Gasteiger partial charge in [-0.1, -0.05) is 6.92 Å². The zero-order chi connectivity index (χ0) is 15.6. The van der Waals surface area contributed by atoms with Crippen molar-refractivity contribution < 1.29 is 14.1 Å². The van der Waals surface area contributed by atoms with Crippen LogP contribution in [0.5, 0.6) is 11.6 Å². The van der Waals surface area contributed by atoms with Gasteiger partial charge in [0.1, 0.15) is 16.2 Å². The highest BCUT2D eigenvalue weighted by Crippen LogP contribution is 2.35. The van der Waals surface area contributed by atoms with Crippen molar-refractivity contribution in [3.8, 4) is 11.6 Å². The highest BCUT2D eigenvalue weighted by atomic mass is 79.9. The lowest BCUT2D eigenvalue weighted by atomic mass is 10.3. The normalized spacial score (nSPS) is 10.5. The molecule has 9 heteroatoms. The fourth-order valence-corrected chi connectivity index (χ4v) is 2.24. The second kappa shape index (κ2) is 6.44. The predicted molar refractivity (Wildman–Crippen MR) is 79.9 cm³/mol. The first kappa shape index (κ1) is 15.8. The monoisotopic (exact) mass is 419 g/mol. The van der Waals surface area contributed by atoms with Crippen LogP contribution in [0, 0.1) is 15.9 Å². The molecular weight excluding hydrogens is 413 g/mol. The number of ether oxygens (including phenoxy) is 1. The Kier molecular flexibility index (Phi) is 4.84. The lowest BCUT2D eigenvalue weighted by molar-refractivity contribution is -0.385. The number of aromatic nitrogens is 2. The third-order valence-corrected chi connectivity index (χ3v) is 3.46. The molecule has 0 saturated heterocycles. The Bertz CT molecular complexity index is 712. The molecule has 6 nitrogen and oxygen atoms in total. The van der Waals surface area contributed by atoms with Crippen LogP contribution in [0.2, 0.25) is 0 Å². The Labute approximate surface area is 135 Å². The minimum atomic E-state index is -0.667. The summed E-state index contributed by atoms with van der Waals surface area (Å²) in [6.45, 7) is 1.85. The van der Waals surface area contributed by atoms with Crippen molar-refractivity contribution in [1.29, 1.82) is 0 Å². The quantitative estimate of drug-likeness (QED) is 0.416. The number of nitrogens with zero attached hydrogens (tertiary/aromatic N) is 3. The minimum absolute atomic E-state index is 0.0142. The summed E-state index contributed by atoms with van der Waals surface area (Å²) in [7, 11) is 0. The zero-order valence-electron chi connectivity index (χ0n) is 10.6. The van der Waals surface area contributed by atoms with Crippen molar-refractivity contribution in [2.75, 3.05) is 0 Å². The molecule has 21 heavy (non-hydrogen) atoms. The number of nitro groups is 1. The number of rotatable bonds is 4. The lowest BCUT2D eigenvalue weighted by Crippen LogP contribution is -1.99. The number of hydrogen-bond acceptors (Lipinski definition) is 5. The van der Waals surface area contributed by atoms with Gasteiger partial charge in [0.25, 0.3) is 0 Å². The standard InChI is InChI=1S/C12H8Br2FN3O3/c1-2-11-16-10(14)5-12(17-11)21-9-4-7(15)6(13)3-8(9)18(19)20/h3-5H,2H2,1H3. The van der Waals surface area contributed by atoms with Crippen molar-refractivity contribution in [1.82, 2.24) is 9.97 Å². The summed E-state index contributed by atoms with van der Waals surface area (Å²) in [5.74, 6) is -0.300. The first-order chi connectivity index (χ1) is 9.90. The Morgan fingerprint density at radius 2 is 2.05 bits per heavy atom. The Morgan fingerprint density at radius 3 is 2.67 bits per heavy atom. The first-order valence-corrected chi connectivity index (χ1v) is 7.34. The van der Waals surface area contributed by atoms with E-state index in [2.05, 4.69) is 41.8 Å². The van der Waals surface area contributed by atoms with Gasteiger partial charge in [0.05, 0.1) is 9.40 Å². The maximum absolute atomic E-state index is 13.6. The van der Waals surface area contributed by atoms with Crippen LogP contribution >= 0.6 is 31.9 Å². The van der Waals surface area contributed by atoms with Gasteiger partial charge in [-0.3, -0.25) is 10.1 Å². The number of benzene rings is 1. The van der Waals surface area contributed by atoms with Crippen molar-refractivity contribution in [2.45, 2.75) is 13.3 Å². The molecule has 1 heterocycles. The lowest BCUT2D eigenvalue weighted by Gasteiger charge is -2.08. The summed E-state index contributed by atoms with van der Waals surface area (Å²) in [5, 5.41) is 11.0. The van der Waals surface area contributed by atoms with Crippen LogP contribution in [-0.2, 0) is 6.42 Å². The molecule has 0 bridgehead atoms. The molecule has 0 aliphatic rings. The van der Waals surface area contributed by atoms with E-state index in [-0.39, 0.29) is 21.8 Å². The molecule has 0 aliphatic heterocycles. The predicted octanol–water partition coefficient (Wildman–Crippen LogP) is 4.40. The van der Waals surface area contributed by atoms with E-state index in [1.54, 1.807) is 0 Å². The van der Waals surface area contributed by atoms with Crippen LogP contribution in [0.4, 0.5) is 10.1 Å². The van der Waals surface area contributed by atoms with E-state index in [4.69, 9.17) is 4.74 Å². The Balaban J connectivity index is 2.46. The van der Waals surface area contributed by atoms with E-state index < -0.39 is 10.7 Å². The van der Waals surface area contributed by atoms with Crippen LogP contribution < -0.4 is 4.74 Å².